The normalized spacial score (nSPS) is 9.75. The summed E-state index contributed by atoms with van der Waals surface area (Å²) in [6.45, 7) is -0.773. The third-order valence-corrected chi connectivity index (χ3v) is 2.24. The second kappa shape index (κ2) is 7.12. The van der Waals surface area contributed by atoms with E-state index >= 15 is 0 Å². The zero-order valence-electron chi connectivity index (χ0n) is 11.3. The minimum absolute atomic E-state index is 0.00556. The number of carbonyl (C=O) groups is 2. The van der Waals surface area contributed by atoms with E-state index in [1.54, 1.807) is 0 Å². The Bertz CT molecular complexity index is 471. The Labute approximate surface area is 115 Å². The fourth-order valence-electron chi connectivity index (χ4n) is 1.32. The van der Waals surface area contributed by atoms with Crippen molar-refractivity contribution in [3.05, 3.63) is 6.07 Å². The van der Waals surface area contributed by atoms with Crippen molar-refractivity contribution in [2.24, 2.45) is 0 Å². The fraction of sp³-hybridized carbons (Fsp3) is 0.455. The predicted molar refractivity (Wildman–Crippen MR) is 67.0 cm³/mol. The van der Waals surface area contributed by atoms with Crippen molar-refractivity contribution in [1.29, 1.82) is 0 Å². The van der Waals surface area contributed by atoms with Crippen molar-refractivity contribution in [1.82, 2.24) is 9.97 Å². The van der Waals surface area contributed by atoms with Crippen LogP contribution in [0, 0.1) is 0 Å². The molecular weight excluding hydrogens is 270 g/mol. The van der Waals surface area contributed by atoms with Gasteiger partial charge in [-0.2, -0.15) is 9.97 Å². The smallest absolute Gasteiger partial charge is 0.325 e. The monoisotopic (exact) mass is 285 g/mol. The van der Waals surface area contributed by atoms with E-state index in [0.29, 0.717) is 0 Å². The summed E-state index contributed by atoms with van der Waals surface area (Å²) in [4.78, 5) is 31.3. The number of hydrogen-bond donors (Lipinski definition) is 1. The zero-order chi connectivity index (χ0) is 15.1. The van der Waals surface area contributed by atoms with Crippen LogP contribution < -0.4 is 14.4 Å². The van der Waals surface area contributed by atoms with Gasteiger partial charge >= 0.3 is 11.9 Å². The number of anilines is 1. The number of aliphatic carboxylic acids is 1. The molecule has 0 fully saturated rings. The molecular formula is C11H15N3O6. The number of ether oxygens (including phenoxy) is 3. The summed E-state index contributed by atoms with van der Waals surface area (Å²) in [6, 6.07) is 1.43. The van der Waals surface area contributed by atoms with Crippen molar-refractivity contribution >= 4 is 17.9 Å². The van der Waals surface area contributed by atoms with Crippen molar-refractivity contribution in [2.75, 3.05) is 39.3 Å². The Morgan fingerprint density at radius 3 is 2.10 bits per heavy atom. The molecule has 0 amide bonds. The maximum atomic E-state index is 11.3. The molecule has 1 heterocycles. The van der Waals surface area contributed by atoms with Crippen molar-refractivity contribution in [2.45, 2.75) is 0 Å². The molecule has 0 bridgehead atoms. The third kappa shape index (κ3) is 4.26. The number of aromatic nitrogens is 2. The summed E-state index contributed by atoms with van der Waals surface area (Å²) in [5.74, 6) is -1.39. The number of nitrogens with zero attached hydrogens (tertiary/aromatic N) is 3. The van der Waals surface area contributed by atoms with Crippen molar-refractivity contribution in [3.63, 3.8) is 0 Å². The van der Waals surface area contributed by atoms with Gasteiger partial charge in [-0.1, -0.05) is 0 Å². The molecule has 0 spiro atoms. The summed E-state index contributed by atoms with van der Waals surface area (Å²) in [5, 5.41) is 8.87. The van der Waals surface area contributed by atoms with E-state index in [-0.39, 0.29) is 24.3 Å². The topological polar surface area (TPSA) is 111 Å². The van der Waals surface area contributed by atoms with E-state index in [1.807, 2.05) is 0 Å². The third-order valence-electron chi connectivity index (χ3n) is 2.24. The van der Waals surface area contributed by atoms with Crippen LogP contribution in [0.3, 0.4) is 0 Å². The van der Waals surface area contributed by atoms with E-state index in [2.05, 4.69) is 14.7 Å². The molecule has 0 atom stereocenters. The SMILES string of the molecule is COC(=O)CN(CC(=O)O)c1nc(OC)cc(OC)n1. The first kappa shape index (κ1) is 15.5. The van der Waals surface area contributed by atoms with Gasteiger partial charge in [-0.25, -0.2) is 0 Å². The van der Waals surface area contributed by atoms with Gasteiger partial charge in [0.25, 0.3) is 0 Å². The Morgan fingerprint density at radius 1 is 1.15 bits per heavy atom. The van der Waals surface area contributed by atoms with Crippen LogP contribution in [0.5, 0.6) is 11.8 Å². The van der Waals surface area contributed by atoms with Crippen LogP contribution in [0.25, 0.3) is 0 Å². The lowest BCUT2D eigenvalue weighted by atomic mass is 10.4. The van der Waals surface area contributed by atoms with Gasteiger partial charge in [0.15, 0.2) is 0 Å². The molecule has 9 nitrogen and oxygen atoms in total. The van der Waals surface area contributed by atoms with E-state index in [9.17, 15) is 9.59 Å². The molecule has 0 aromatic carbocycles. The van der Waals surface area contributed by atoms with E-state index in [0.717, 1.165) is 4.90 Å². The largest absolute Gasteiger partial charge is 0.481 e. The van der Waals surface area contributed by atoms with E-state index in [1.165, 1.54) is 27.4 Å². The van der Waals surface area contributed by atoms with Gasteiger partial charge in [0.1, 0.15) is 13.1 Å². The highest BCUT2D eigenvalue weighted by molar-refractivity contribution is 5.79. The Kier molecular flexibility index (Phi) is 5.51. The number of carboxylic acids is 1. The molecule has 1 N–H and O–H groups in total. The van der Waals surface area contributed by atoms with Gasteiger partial charge in [-0.05, 0) is 0 Å². The molecule has 1 rings (SSSR count). The molecule has 1 aromatic rings. The van der Waals surface area contributed by atoms with Gasteiger partial charge in [0, 0.05) is 0 Å². The predicted octanol–water partition coefficient (Wildman–Crippen LogP) is -0.442. The number of esters is 1. The Hall–Kier alpha value is -2.58. The molecule has 0 saturated carbocycles. The second-order valence-electron chi connectivity index (χ2n) is 3.58. The average Bonchev–Trinajstić information content (AvgIpc) is 2.45. The van der Waals surface area contributed by atoms with E-state index in [4.69, 9.17) is 14.6 Å². The molecule has 0 aliphatic carbocycles. The minimum Gasteiger partial charge on any atom is -0.481 e. The van der Waals surface area contributed by atoms with Gasteiger partial charge in [0.2, 0.25) is 17.7 Å². The number of hydrogen-bond acceptors (Lipinski definition) is 8. The van der Waals surface area contributed by atoms with Crippen LogP contribution in [0.2, 0.25) is 0 Å². The summed E-state index contributed by atoms with van der Waals surface area (Å²) in [5.41, 5.74) is 0. The summed E-state index contributed by atoms with van der Waals surface area (Å²) < 4.78 is 14.4. The lowest BCUT2D eigenvalue weighted by Crippen LogP contribution is -2.36. The van der Waals surface area contributed by atoms with Crippen LogP contribution in [0.1, 0.15) is 0 Å². The van der Waals surface area contributed by atoms with Crippen molar-refractivity contribution < 1.29 is 28.9 Å². The van der Waals surface area contributed by atoms with Crippen molar-refractivity contribution in [3.8, 4) is 11.8 Å². The zero-order valence-corrected chi connectivity index (χ0v) is 11.3. The van der Waals surface area contributed by atoms with Gasteiger partial charge < -0.3 is 24.2 Å². The summed E-state index contributed by atoms with van der Waals surface area (Å²) in [6.07, 6.45) is 0. The van der Waals surface area contributed by atoms with Crippen LogP contribution in [-0.2, 0) is 14.3 Å². The van der Waals surface area contributed by atoms with Gasteiger partial charge in [0.05, 0.1) is 27.4 Å². The van der Waals surface area contributed by atoms with Crippen LogP contribution in [0.15, 0.2) is 6.07 Å². The molecule has 0 radical (unpaired) electrons. The molecule has 9 heteroatoms. The molecule has 1 aromatic heterocycles. The van der Waals surface area contributed by atoms with Crippen LogP contribution in [0.4, 0.5) is 5.95 Å². The standard InChI is InChI=1S/C11H15N3O6/c1-18-7-4-8(19-2)13-11(12-7)14(5-9(15)16)6-10(17)20-3/h4H,5-6H2,1-3H3,(H,15,16). The molecule has 0 unspecified atom stereocenters. The first-order valence-electron chi connectivity index (χ1n) is 5.50. The van der Waals surface area contributed by atoms with Gasteiger partial charge in [-0.15, -0.1) is 0 Å². The lowest BCUT2D eigenvalue weighted by molar-refractivity contribution is -0.139. The molecule has 0 aliphatic heterocycles. The number of methoxy groups -OCH3 is 3. The highest BCUT2D eigenvalue weighted by Gasteiger charge is 2.19. The van der Waals surface area contributed by atoms with Crippen LogP contribution in [-0.4, -0.2) is 61.4 Å². The maximum absolute atomic E-state index is 11.3. The molecule has 110 valence electrons. The summed E-state index contributed by atoms with van der Waals surface area (Å²) in [7, 11) is 4.00. The van der Waals surface area contributed by atoms with E-state index < -0.39 is 18.5 Å². The first-order chi connectivity index (χ1) is 9.49. The van der Waals surface area contributed by atoms with Crippen LogP contribution >= 0.6 is 0 Å². The quantitative estimate of drug-likeness (QED) is 0.666. The Morgan fingerprint density at radius 2 is 1.70 bits per heavy atom. The van der Waals surface area contributed by atoms with Gasteiger partial charge in [-0.3, -0.25) is 9.59 Å². The Balaban J connectivity index is 3.10. The second-order valence-corrected chi connectivity index (χ2v) is 3.58. The summed E-state index contributed by atoms with van der Waals surface area (Å²) >= 11 is 0. The average molecular weight is 285 g/mol. The first-order valence-corrected chi connectivity index (χ1v) is 5.50. The number of carboxylic acid groups (broad SMARTS) is 1. The maximum Gasteiger partial charge on any atom is 0.325 e. The fourth-order valence-corrected chi connectivity index (χ4v) is 1.32. The molecule has 20 heavy (non-hydrogen) atoms. The highest BCUT2D eigenvalue weighted by atomic mass is 16.5. The highest BCUT2D eigenvalue weighted by Crippen LogP contribution is 2.19. The number of rotatable bonds is 7. The molecule has 0 saturated heterocycles. The number of carbonyl (C=O) groups excluding carboxylic acids is 1. The minimum atomic E-state index is -1.14. The lowest BCUT2D eigenvalue weighted by Gasteiger charge is -2.19. The molecule has 0 aliphatic rings.